The van der Waals surface area contributed by atoms with Crippen LogP contribution in [0.15, 0.2) is 47.5 Å². The Morgan fingerprint density at radius 1 is 1.16 bits per heavy atom. The topological polar surface area (TPSA) is 47.2 Å². The van der Waals surface area contributed by atoms with Crippen molar-refractivity contribution in [2.24, 2.45) is 0 Å². The molecule has 0 aliphatic rings. The van der Waals surface area contributed by atoms with E-state index < -0.39 is 6.10 Å². The van der Waals surface area contributed by atoms with E-state index in [1.807, 2.05) is 44.2 Å². The molecule has 0 spiro atoms. The van der Waals surface area contributed by atoms with Crippen molar-refractivity contribution in [2.75, 3.05) is 0 Å². The molecule has 0 saturated heterocycles. The first-order chi connectivity index (χ1) is 9.09. The Hall–Kier alpha value is -1.81. The maximum absolute atomic E-state index is 12.0. The molecular formula is C15H20N2O2. The van der Waals surface area contributed by atoms with Gasteiger partial charge in [-0.25, -0.2) is 4.79 Å². The predicted molar refractivity (Wildman–Crippen MR) is 75.1 cm³/mol. The SMILES string of the molecule is CC(C)n1ccn(CCC(O)c2ccccc2)c1=O. The zero-order chi connectivity index (χ0) is 13.8. The molecule has 19 heavy (non-hydrogen) atoms. The van der Waals surface area contributed by atoms with E-state index in [2.05, 4.69) is 0 Å². The molecule has 0 radical (unpaired) electrons. The third-order valence-corrected chi connectivity index (χ3v) is 3.26. The van der Waals surface area contributed by atoms with Crippen LogP contribution < -0.4 is 5.69 Å². The van der Waals surface area contributed by atoms with Crippen molar-refractivity contribution in [1.29, 1.82) is 0 Å². The smallest absolute Gasteiger partial charge is 0.328 e. The van der Waals surface area contributed by atoms with E-state index >= 15 is 0 Å². The van der Waals surface area contributed by atoms with E-state index in [1.54, 1.807) is 21.5 Å². The molecular weight excluding hydrogens is 240 g/mol. The Morgan fingerprint density at radius 2 is 1.84 bits per heavy atom. The number of aliphatic hydroxyl groups is 1. The molecule has 4 nitrogen and oxygen atoms in total. The van der Waals surface area contributed by atoms with Crippen LogP contribution in [0.25, 0.3) is 0 Å². The Kier molecular flexibility index (Phi) is 4.22. The summed E-state index contributed by atoms with van der Waals surface area (Å²) in [6, 6.07) is 9.68. The van der Waals surface area contributed by atoms with Gasteiger partial charge in [0, 0.05) is 25.0 Å². The molecule has 0 aliphatic carbocycles. The van der Waals surface area contributed by atoms with E-state index in [9.17, 15) is 9.90 Å². The lowest BCUT2D eigenvalue weighted by molar-refractivity contribution is 0.160. The van der Waals surface area contributed by atoms with Gasteiger partial charge in [0.2, 0.25) is 0 Å². The van der Waals surface area contributed by atoms with Crippen LogP contribution >= 0.6 is 0 Å². The fraction of sp³-hybridized carbons (Fsp3) is 0.400. The quantitative estimate of drug-likeness (QED) is 0.897. The molecule has 1 N–H and O–H groups in total. The lowest BCUT2D eigenvalue weighted by Crippen LogP contribution is -2.25. The van der Waals surface area contributed by atoms with Crippen molar-refractivity contribution in [3.05, 3.63) is 58.8 Å². The molecule has 2 aromatic rings. The lowest BCUT2D eigenvalue weighted by Gasteiger charge is -2.11. The average molecular weight is 260 g/mol. The van der Waals surface area contributed by atoms with E-state index in [1.165, 1.54) is 0 Å². The standard InChI is InChI=1S/C15H20N2O2/c1-12(2)17-11-10-16(15(17)19)9-8-14(18)13-6-4-3-5-7-13/h3-7,10-12,14,18H,8-9H2,1-2H3. The van der Waals surface area contributed by atoms with Gasteiger partial charge in [0.25, 0.3) is 0 Å². The molecule has 2 rings (SSSR count). The monoisotopic (exact) mass is 260 g/mol. The fourth-order valence-corrected chi connectivity index (χ4v) is 2.09. The van der Waals surface area contributed by atoms with Gasteiger partial charge in [-0.3, -0.25) is 9.13 Å². The Morgan fingerprint density at radius 3 is 2.42 bits per heavy atom. The van der Waals surface area contributed by atoms with Crippen LogP contribution in [0, 0.1) is 0 Å². The van der Waals surface area contributed by atoms with Crippen molar-refractivity contribution < 1.29 is 5.11 Å². The van der Waals surface area contributed by atoms with Gasteiger partial charge in [-0.1, -0.05) is 30.3 Å². The van der Waals surface area contributed by atoms with Crippen molar-refractivity contribution in [1.82, 2.24) is 9.13 Å². The first-order valence-corrected chi connectivity index (χ1v) is 6.60. The molecule has 1 aromatic heterocycles. The van der Waals surface area contributed by atoms with E-state index in [-0.39, 0.29) is 11.7 Å². The summed E-state index contributed by atoms with van der Waals surface area (Å²) in [5, 5.41) is 10.1. The summed E-state index contributed by atoms with van der Waals surface area (Å²) in [4.78, 5) is 12.0. The van der Waals surface area contributed by atoms with Crippen molar-refractivity contribution in [2.45, 2.75) is 39.0 Å². The number of hydrogen-bond donors (Lipinski definition) is 1. The zero-order valence-electron chi connectivity index (χ0n) is 11.4. The minimum Gasteiger partial charge on any atom is -0.388 e. The van der Waals surface area contributed by atoms with Crippen molar-refractivity contribution >= 4 is 0 Å². The summed E-state index contributed by atoms with van der Waals surface area (Å²) in [7, 11) is 0. The maximum Gasteiger partial charge on any atom is 0.328 e. The normalized spacial score (nSPS) is 12.8. The second-order valence-electron chi connectivity index (χ2n) is 4.99. The Balaban J connectivity index is 2.02. The second kappa shape index (κ2) is 5.89. The number of aliphatic hydroxyl groups excluding tert-OH is 1. The molecule has 4 heteroatoms. The van der Waals surface area contributed by atoms with E-state index in [0.717, 1.165) is 5.56 Å². The highest BCUT2D eigenvalue weighted by molar-refractivity contribution is 5.17. The molecule has 102 valence electrons. The Bertz CT molecular complexity index is 569. The minimum absolute atomic E-state index is 0.0183. The summed E-state index contributed by atoms with van der Waals surface area (Å²) in [6.07, 6.45) is 3.57. The largest absolute Gasteiger partial charge is 0.388 e. The number of imidazole rings is 1. The van der Waals surface area contributed by atoms with Gasteiger partial charge >= 0.3 is 5.69 Å². The molecule has 1 unspecified atom stereocenters. The summed E-state index contributed by atoms with van der Waals surface area (Å²) in [5.74, 6) is 0. The van der Waals surface area contributed by atoms with E-state index in [0.29, 0.717) is 13.0 Å². The number of rotatable bonds is 5. The zero-order valence-corrected chi connectivity index (χ0v) is 11.4. The number of aromatic nitrogens is 2. The predicted octanol–water partition coefficient (Wildman–Crippen LogP) is 2.35. The number of nitrogens with zero attached hydrogens (tertiary/aromatic N) is 2. The van der Waals surface area contributed by atoms with Crippen LogP contribution in [0.1, 0.15) is 38.0 Å². The van der Waals surface area contributed by atoms with Crippen LogP contribution in [0.2, 0.25) is 0 Å². The van der Waals surface area contributed by atoms with Crippen LogP contribution in [0.4, 0.5) is 0 Å². The van der Waals surface area contributed by atoms with Gasteiger partial charge in [-0.05, 0) is 25.8 Å². The molecule has 0 amide bonds. The number of hydrogen-bond acceptors (Lipinski definition) is 2. The Labute approximate surface area is 112 Å². The van der Waals surface area contributed by atoms with Crippen LogP contribution in [0.3, 0.4) is 0 Å². The molecule has 1 aromatic carbocycles. The summed E-state index contributed by atoms with van der Waals surface area (Å²) in [6.45, 7) is 4.48. The highest BCUT2D eigenvalue weighted by atomic mass is 16.3. The third kappa shape index (κ3) is 3.15. The van der Waals surface area contributed by atoms with Gasteiger partial charge in [0.1, 0.15) is 0 Å². The first-order valence-electron chi connectivity index (χ1n) is 6.60. The fourth-order valence-electron chi connectivity index (χ4n) is 2.09. The lowest BCUT2D eigenvalue weighted by atomic mass is 10.1. The minimum atomic E-state index is -0.532. The summed E-state index contributed by atoms with van der Waals surface area (Å²) in [5.41, 5.74) is 0.870. The molecule has 1 heterocycles. The highest BCUT2D eigenvalue weighted by Crippen LogP contribution is 2.16. The molecule has 0 fully saturated rings. The maximum atomic E-state index is 12.0. The molecule has 0 saturated carbocycles. The molecule has 1 atom stereocenters. The third-order valence-electron chi connectivity index (χ3n) is 3.26. The highest BCUT2D eigenvalue weighted by Gasteiger charge is 2.10. The van der Waals surface area contributed by atoms with Gasteiger partial charge in [-0.2, -0.15) is 0 Å². The van der Waals surface area contributed by atoms with Gasteiger partial charge in [0.15, 0.2) is 0 Å². The van der Waals surface area contributed by atoms with Crippen molar-refractivity contribution in [3.63, 3.8) is 0 Å². The van der Waals surface area contributed by atoms with Crippen molar-refractivity contribution in [3.8, 4) is 0 Å². The second-order valence-corrected chi connectivity index (χ2v) is 4.99. The number of aryl methyl sites for hydroxylation is 1. The van der Waals surface area contributed by atoms with Crippen LogP contribution in [-0.2, 0) is 6.54 Å². The molecule has 0 aliphatic heterocycles. The summed E-state index contributed by atoms with van der Waals surface area (Å²) >= 11 is 0. The van der Waals surface area contributed by atoms with Gasteiger partial charge in [0.05, 0.1) is 6.10 Å². The number of benzene rings is 1. The van der Waals surface area contributed by atoms with Crippen LogP contribution in [-0.4, -0.2) is 14.2 Å². The van der Waals surface area contributed by atoms with Gasteiger partial charge < -0.3 is 5.11 Å². The van der Waals surface area contributed by atoms with E-state index in [4.69, 9.17) is 0 Å². The van der Waals surface area contributed by atoms with Gasteiger partial charge in [-0.15, -0.1) is 0 Å². The summed E-state index contributed by atoms with van der Waals surface area (Å²) < 4.78 is 3.33. The molecule has 0 bridgehead atoms. The first kappa shape index (κ1) is 13.6. The van der Waals surface area contributed by atoms with Crippen LogP contribution in [0.5, 0.6) is 0 Å². The average Bonchev–Trinajstić information content (AvgIpc) is 2.78.